The number of carbonyl (C=O) groups is 2. The number of benzene rings is 3. The van der Waals surface area contributed by atoms with Crippen molar-refractivity contribution in [1.29, 1.82) is 0 Å². The molecular weight excluding hydrogens is 524 g/mol. The molecule has 10 nitrogen and oxygen atoms in total. The average Bonchev–Trinajstić information content (AvgIpc) is 2.92. The number of nitro groups is 1. The Labute approximate surface area is 231 Å². The lowest BCUT2D eigenvalue weighted by molar-refractivity contribution is -0.385. The number of nitrogens with zero attached hydrogens (tertiary/aromatic N) is 2. The molecule has 0 aliphatic heterocycles. The van der Waals surface area contributed by atoms with Crippen LogP contribution < -0.4 is 20.2 Å². The summed E-state index contributed by atoms with van der Waals surface area (Å²) in [5.74, 6) is -0.472. The topological polar surface area (TPSA) is 132 Å². The fourth-order valence-corrected chi connectivity index (χ4v) is 3.75. The highest BCUT2D eigenvalue weighted by atomic mass is 35.5. The van der Waals surface area contributed by atoms with Gasteiger partial charge in [0.2, 0.25) is 0 Å². The van der Waals surface area contributed by atoms with E-state index in [-0.39, 0.29) is 35.3 Å². The van der Waals surface area contributed by atoms with Crippen molar-refractivity contribution in [3.8, 4) is 11.5 Å². The van der Waals surface area contributed by atoms with Gasteiger partial charge in [0.15, 0.2) is 11.5 Å². The summed E-state index contributed by atoms with van der Waals surface area (Å²) in [5, 5.41) is 18.9. The van der Waals surface area contributed by atoms with Gasteiger partial charge in [-0.25, -0.2) is 5.43 Å². The highest BCUT2D eigenvalue weighted by Gasteiger charge is 2.23. The summed E-state index contributed by atoms with van der Waals surface area (Å²) in [7, 11) is 1.42. The van der Waals surface area contributed by atoms with Crippen molar-refractivity contribution in [2.75, 3.05) is 7.11 Å². The van der Waals surface area contributed by atoms with E-state index >= 15 is 0 Å². The zero-order valence-electron chi connectivity index (χ0n) is 21.7. The van der Waals surface area contributed by atoms with Crippen LogP contribution in [0, 0.1) is 16.0 Å². The van der Waals surface area contributed by atoms with Gasteiger partial charge in [-0.3, -0.25) is 19.7 Å². The fourth-order valence-electron chi connectivity index (χ4n) is 3.62. The minimum atomic E-state index is -0.886. The summed E-state index contributed by atoms with van der Waals surface area (Å²) in [6.07, 6.45) is 1.50. The minimum absolute atomic E-state index is 0.0871. The highest BCUT2D eigenvalue weighted by molar-refractivity contribution is 6.30. The normalized spacial score (nSPS) is 11.7. The number of rotatable bonds is 12. The van der Waals surface area contributed by atoms with E-state index in [1.165, 1.54) is 19.2 Å². The third-order valence-corrected chi connectivity index (χ3v) is 5.81. The maximum Gasteiger partial charge on any atom is 0.282 e. The number of nitrogens with one attached hydrogen (secondary N) is 2. The van der Waals surface area contributed by atoms with E-state index in [1.807, 2.05) is 44.2 Å². The zero-order valence-corrected chi connectivity index (χ0v) is 22.5. The van der Waals surface area contributed by atoms with Gasteiger partial charge in [-0.05, 0) is 48.2 Å². The van der Waals surface area contributed by atoms with E-state index < -0.39 is 22.8 Å². The predicted molar refractivity (Wildman–Crippen MR) is 148 cm³/mol. The molecule has 0 saturated carbocycles. The molecule has 3 aromatic rings. The third kappa shape index (κ3) is 8.54. The van der Waals surface area contributed by atoms with Crippen LogP contribution in [-0.4, -0.2) is 36.1 Å². The van der Waals surface area contributed by atoms with Crippen LogP contribution in [0.5, 0.6) is 11.5 Å². The number of ether oxygens (including phenoxy) is 2. The fraction of sp³-hybridized carbons (Fsp3) is 0.250. The van der Waals surface area contributed by atoms with Gasteiger partial charge in [-0.1, -0.05) is 55.8 Å². The Kier molecular flexibility index (Phi) is 10.4. The maximum atomic E-state index is 12.9. The van der Waals surface area contributed by atoms with Crippen molar-refractivity contribution in [3.63, 3.8) is 0 Å². The Morgan fingerprint density at radius 2 is 1.77 bits per heavy atom. The molecule has 0 aliphatic carbocycles. The summed E-state index contributed by atoms with van der Waals surface area (Å²) in [6.45, 7) is 4.01. The lowest BCUT2D eigenvalue weighted by Crippen LogP contribution is -2.46. The molecule has 204 valence electrons. The summed E-state index contributed by atoms with van der Waals surface area (Å²) in [4.78, 5) is 36.7. The number of nitro benzene ring substituents is 1. The summed E-state index contributed by atoms with van der Waals surface area (Å²) in [5.41, 5.74) is 3.41. The molecule has 1 atom stereocenters. The lowest BCUT2D eigenvalue weighted by atomic mass is 10.0. The standard InChI is InChI=1S/C28H29ClN4O6/c1-18(2)13-23(31-27(34)20-9-11-22(29)12-10-20)28(35)32-30-16-21-14-25(38-3)26(15-24(21)33(36)37)39-17-19-7-5-4-6-8-19/h4-12,14-16,18,23H,13,17H2,1-3H3,(H,31,34)(H,32,35). The Morgan fingerprint density at radius 1 is 1.08 bits per heavy atom. The van der Waals surface area contributed by atoms with Gasteiger partial charge >= 0.3 is 0 Å². The molecule has 0 heterocycles. The summed E-state index contributed by atoms with van der Waals surface area (Å²) < 4.78 is 11.1. The van der Waals surface area contributed by atoms with Crippen molar-refractivity contribution < 1.29 is 24.0 Å². The molecule has 0 radical (unpaired) electrons. The van der Waals surface area contributed by atoms with Crippen LogP contribution in [0.15, 0.2) is 71.8 Å². The van der Waals surface area contributed by atoms with E-state index in [1.54, 1.807) is 24.3 Å². The van der Waals surface area contributed by atoms with E-state index in [0.29, 0.717) is 17.0 Å². The number of methoxy groups -OCH3 is 1. The van der Waals surface area contributed by atoms with E-state index in [4.69, 9.17) is 21.1 Å². The van der Waals surface area contributed by atoms with Gasteiger partial charge in [0.1, 0.15) is 12.6 Å². The lowest BCUT2D eigenvalue weighted by Gasteiger charge is -2.19. The van der Waals surface area contributed by atoms with Crippen molar-refractivity contribution in [1.82, 2.24) is 10.7 Å². The SMILES string of the molecule is COc1cc(C=NNC(=O)C(CC(C)C)NC(=O)c2ccc(Cl)cc2)c([N+](=O)[O-])cc1OCc1ccccc1. The monoisotopic (exact) mass is 552 g/mol. The van der Waals surface area contributed by atoms with E-state index in [0.717, 1.165) is 11.8 Å². The Balaban J connectivity index is 1.75. The quantitative estimate of drug-likeness (QED) is 0.182. The first-order valence-electron chi connectivity index (χ1n) is 12.1. The number of carbonyl (C=O) groups excluding carboxylic acids is 2. The molecular formula is C28H29ClN4O6. The summed E-state index contributed by atoms with van der Waals surface area (Å²) in [6, 6.07) is 17.4. The first kappa shape index (κ1) is 29.1. The molecule has 0 bridgehead atoms. The number of hydrogen-bond donors (Lipinski definition) is 2. The minimum Gasteiger partial charge on any atom is -0.493 e. The smallest absolute Gasteiger partial charge is 0.282 e. The molecule has 0 aliphatic rings. The second-order valence-corrected chi connectivity index (χ2v) is 9.43. The molecule has 0 fully saturated rings. The molecule has 0 saturated heterocycles. The molecule has 0 aromatic heterocycles. The molecule has 2 N–H and O–H groups in total. The van der Waals surface area contributed by atoms with Crippen LogP contribution in [0.25, 0.3) is 0 Å². The molecule has 11 heteroatoms. The highest BCUT2D eigenvalue weighted by Crippen LogP contribution is 2.34. The molecule has 3 rings (SSSR count). The average molecular weight is 553 g/mol. The largest absolute Gasteiger partial charge is 0.493 e. The van der Waals surface area contributed by atoms with Crippen molar-refractivity contribution >= 4 is 35.3 Å². The van der Waals surface area contributed by atoms with Gasteiger partial charge in [0.05, 0.1) is 29.9 Å². The van der Waals surface area contributed by atoms with Gasteiger partial charge in [0, 0.05) is 10.6 Å². The molecule has 0 spiro atoms. The van der Waals surface area contributed by atoms with E-state index in [2.05, 4.69) is 15.8 Å². The van der Waals surface area contributed by atoms with Crippen LogP contribution in [0.2, 0.25) is 5.02 Å². The Bertz CT molecular complexity index is 1330. The van der Waals surface area contributed by atoms with Crippen LogP contribution in [0.4, 0.5) is 5.69 Å². The first-order valence-corrected chi connectivity index (χ1v) is 12.5. The first-order chi connectivity index (χ1) is 18.7. The zero-order chi connectivity index (χ0) is 28.4. The predicted octanol–water partition coefficient (Wildman–Crippen LogP) is 5.13. The molecule has 3 aromatic carbocycles. The van der Waals surface area contributed by atoms with Crippen LogP contribution in [0.3, 0.4) is 0 Å². The van der Waals surface area contributed by atoms with Crippen LogP contribution >= 0.6 is 11.6 Å². The summed E-state index contributed by atoms with van der Waals surface area (Å²) >= 11 is 5.88. The van der Waals surface area contributed by atoms with Crippen molar-refractivity contribution in [2.45, 2.75) is 32.9 Å². The Morgan fingerprint density at radius 3 is 2.38 bits per heavy atom. The van der Waals surface area contributed by atoms with Crippen molar-refractivity contribution in [3.05, 3.63) is 98.6 Å². The third-order valence-electron chi connectivity index (χ3n) is 5.56. The maximum absolute atomic E-state index is 12.9. The molecule has 2 amide bonds. The second kappa shape index (κ2) is 13.9. The molecule has 39 heavy (non-hydrogen) atoms. The number of hydrazone groups is 1. The number of amides is 2. The number of hydrogen-bond acceptors (Lipinski definition) is 7. The molecule has 1 unspecified atom stereocenters. The Hall–Kier alpha value is -4.44. The van der Waals surface area contributed by atoms with Gasteiger partial charge in [-0.2, -0.15) is 5.10 Å². The number of halogens is 1. The van der Waals surface area contributed by atoms with Gasteiger partial charge < -0.3 is 14.8 Å². The van der Waals surface area contributed by atoms with Gasteiger partial charge in [-0.15, -0.1) is 0 Å². The van der Waals surface area contributed by atoms with Crippen LogP contribution in [-0.2, 0) is 11.4 Å². The van der Waals surface area contributed by atoms with Crippen molar-refractivity contribution in [2.24, 2.45) is 11.0 Å². The van der Waals surface area contributed by atoms with Gasteiger partial charge in [0.25, 0.3) is 17.5 Å². The van der Waals surface area contributed by atoms with E-state index in [9.17, 15) is 19.7 Å². The van der Waals surface area contributed by atoms with Crippen LogP contribution in [0.1, 0.15) is 41.8 Å². The second-order valence-electron chi connectivity index (χ2n) is 8.99.